The van der Waals surface area contributed by atoms with Gasteiger partial charge in [-0.05, 0) is 38.5 Å². The van der Waals surface area contributed by atoms with Crippen molar-refractivity contribution < 1.29 is 28.5 Å². The average molecular weight is 374 g/mol. The van der Waals surface area contributed by atoms with Crippen molar-refractivity contribution in [3.05, 3.63) is 24.3 Å². The molecule has 2 unspecified atom stereocenters. The molecule has 0 aromatic heterocycles. The smallest absolute Gasteiger partial charge is 0.333 e. The summed E-state index contributed by atoms with van der Waals surface area (Å²) < 4.78 is 22.4. The Hall–Kier alpha value is -1.39. The average Bonchev–Trinajstić information content (AvgIpc) is 2.45. The monoisotopic (exact) mass is 374 g/mol. The van der Waals surface area contributed by atoms with Crippen molar-refractivity contribution in [1.82, 2.24) is 0 Å². The van der Waals surface area contributed by atoms with E-state index in [1.165, 1.54) is 0 Å². The highest BCUT2D eigenvalue weighted by Crippen LogP contribution is 2.45. The summed E-state index contributed by atoms with van der Waals surface area (Å²) in [5.41, 5.74) is 0.670. The molecule has 0 aromatic carbocycles. The van der Waals surface area contributed by atoms with Crippen LogP contribution in [0.15, 0.2) is 24.3 Å². The molecule has 0 aliphatic rings. The van der Waals surface area contributed by atoms with Crippen LogP contribution in [0.25, 0.3) is 0 Å². The van der Waals surface area contributed by atoms with Gasteiger partial charge in [-0.1, -0.05) is 27.0 Å². The van der Waals surface area contributed by atoms with Crippen LogP contribution < -0.4 is 0 Å². The Morgan fingerprint density at radius 1 is 0.920 bits per heavy atom. The van der Waals surface area contributed by atoms with E-state index in [1.807, 2.05) is 13.8 Å². The summed E-state index contributed by atoms with van der Waals surface area (Å²) in [6, 6.07) is 0. The maximum atomic E-state index is 12.4. The number of esters is 2. The molecule has 25 heavy (non-hydrogen) atoms. The molecule has 0 saturated heterocycles. The first kappa shape index (κ1) is 23.6. The Morgan fingerprint density at radius 2 is 1.24 bits per heavy atom. The van der Waals surface area contributed by atoms with E-state index >= 15 is 0 Å². The quantitative estimate of drug-likeness (QED) is 0.319. The maximum absolute atomic E-state index is 12.4. The van der Waals surface area contributed by atoms with Crippen LogP contribution in [0.2, 0.25) is 0 Å². The van der Waals surface area contributed by atoms with Gasteiger partial charge in [-0.25, -0.2) is 9.59 Å². The van der Waals surface area contributed by atoms with E-state index in [1.54, 1.807) is 13.8 Å². The maximum Gasteiger partial charge on any atom is 0.333 e. The van der Waals surface area contributed by atoms with Gasteiger partial charge >= 0.3 is 11.9 Å². The van der Waals surface area contributed by atoms with Crippen molar-refractivity contribution in [3.63, 3.8) is 0 Å². The molecule has 6 nitrogen and oxygen atoms in total. The van der Waals surface area contributed by atoms with Crippen molar-refractivity contribution in [1.29, 1.82) is 0 Å². The highest BCUT2D eigenvalue weighted by Gasteiger charge is 2.24. The molecule has 0 aromatic rings. The molecule has 0 radical (unpaired) electrons. The van der Waals surface area contributed by atoms with Crippen LogP contribution in [0.4, 0.5) is 0 Å². The van der Waals surface area contributed by atoms with Gasteiger partial charge in [0.25, 0.3) is 0 Å². The molecule has 7 heteroatoms. The lowest BCUT2D eigenvalue weighted by atomic mass is 10.1. The first-order valence-corrected chi connectivity index (χ1v) is 10.4. The van der Waals surface area contributed by atoms with Gasteiger partial charge < -0.3 is 14.4 Å². The summed E-state index contributed by atoms with van der Waals surface area (Å²) in [6.07, 6.45) is 1.39. The van der Waals surface area contributed by atoms with Crippen LogP contribution in [-0.2, 0) is 23.6 Å². The fourth-order valence-electron chi connectivity index (χ4n) is 2.18. The van der Waals surface area contributed by atoms with Crippen LogP contribution in [-0.4, -0.2) is 42.4 Å². The standard InChI is InChI=1S/C18H31O6P/c1-13(2)17(19)23-9-7-15(5)11-25(21,22)12-16(6)8-10-24-18(20)14(3)4/h15-16H,1,3,7-12H2,2,4-6H3,(H,21,22). The Kier molecular flexibility index (Phi) is 10.6. The van der Waals surface area contributed by atoms with Crippen LogP contribution >= 0.6 is 7.37 Å². The molecule has 0 fully saturated rings. The summed E-state index contributed by atoms with van der Waals surface area (Å²) in [5, 5.41) is 0. The molecule has 0 aliphatic heterocycles. The van der Waals surface area contributed by atoms with Gasteiger partial charge in [0.1, 0.15) is 0 Å². The highest BCUT2D eigenvalue weighted by molar-refractivity contribution is 7.58. The molecular formula is C18H31O6P. The van der Waals surface area contributed by atoms with E-state index in [2.05, 4.69) is 13.2 Å². The van der Waals surface area contributed by atoms with Crippen molar-refractivity contribution in [2.24, 2.45) is 11.8 Å². The number of rotatable bonds is 12. The van der Waals surface area contributed by atoms with Crippen LogP contribution in [0.5, 0.6) is 0 Å². The summed E-state index contributed by atoms with van der Waals surface area (Å²) in [5.74, 6) is -0.973. The number of carbonyl (C=O) groups excluding carboxylic acids is 2. The molecular weight excluding hydrogens is 343 g/mol. The lowest BCUT2D eigenvalue weighted by Gasteiger charge is -2.20. The van der Waals surface area contributed by atoms with Gasteiger partial charge in [0.05, 0.1) is 13.2 Å². The van der Waals surface area contributed by atoms with E-state index in [0.717, 1.165) is 0 Å². The second-order valence-electron chi connectivity index (χ2n) is 6.83. The molecule has 2 atom stereocenters. The van der Waals surface area contributed by atoms with Gasteiger partial charge in [-0.15, -0.1) is 0 Å². The van der Waals surface area contributed by atoms with Crippen LogP contribution in [0.3, 0.4) is 0 Å². The third-order valence-electron chi connectivity index (χ3n) is 3.58. The minimum Gasteiger partial charge on any atom is -0.462 e. The summed E-state index contributed by atoms with van der Waals surface area (Å²) in [6.45, 7) is 14.3. The van der Waals surface area contributed by atoms with Crippen LogP contribution in [0.1, 0.15) is 40.5 Å². The van der Waals surface area contributed by atoms with Crippen molar-refractivity contribution in [2.45, 2.75) is 40.5 Å². The molecule has 0 spiro atoms. The molecule has 0 amide bonds. The van der Waals surface area contributed by atoms with Crippen molar-refractivity contribution >= 4 is 19.3 Å². The summed E-state index contributed by atoms with van der Waals surface area (Å²) >= 11 is 0. The first-order chi connectivity index (χ1) is 11.4. The van der Waals surface area contributed by atoms with Gasteiger partial charge in [0, 0.05) is 23.5 Å². The second-order valence-corrected chi connectivity index (χ2v) is 9.25. The summed E-state index contributed by atoms with van der Waals surface area (Å²) in [4.78, 5) is 32.7. The Labute approximate surface area is 150 Å². The second kappa shape index (κ2) is 11.3. The highest BCUT2D eigenvalue weighted by atomic mass is 31.2. The number of carbonyl (C=O) groups is 2. The molecule has 1 N–H and O–H groups in total. The van der Waals surface area contributed by atoms with Crippen molar-refractivity contribution in [3.8, 4) is 0 Å². The Bertz CT molecular complexity index is 496. The zero-order chi connectivity index (χ0) is 19.6. The lowest BCUT2D eigenvalue weighted by molar-refractivity contribution is -0.140. The zero-order valence-electron chi connectivity index (χ0n) is 15.7. The third-order valence-corrected chi connectivity index (χ3v) is 5.97. The largest absolute Gasteiger partial charge is 0.462 e. The normalized spacial score (nSPS) is 15.6. The van der Waals surface area contributed by atoms with Gasteiger partial charge in [-0.3, -0.25) is 4.57 Å². The molecule has 0 saturated carbocycles. The fraction of sp³-hybridized carbons (Fsp3) is 0.667. The Morgan fingerprint density at radius 3 is 1.52 bits per heavy atom. The molecule has 0 aliphatic carbocycles. The van der Waals surface area contributed by atoms with Gasteiger partial charge in [-0.2, -0.15) is 0 Å². The molecule has 0 bridgehead atoms. The summed E-state index contributed by atoms with van der Waals surface area (Å²) in [7, 11) is -3.29. The molecule has 0 heterocycles. The van der Waals surface area contributed by atoms with E-state index in [-0.39, 0.29) is 37.4 Å². The van der Waals surface area contributed by atoms with Gasteiger partial charge in [0.15, 0.2) is 0 Å². The van der Waals surface area contributed by atoms with E-state index in [9.17, 15) is 19.0 Å². The fourth-order valence-corrected chi connectivity index (χ4v) is 4.65. The van der Waals surface area contributed by atoms with E-state index in [0.29, 0.717) is 24.0 Å². The number of ether oxygens (including phenoxy) is 2. The first-order valence-electron chi connectivity index (χ1n) is 8.40. The Balaban J connectivity index is 4.14. The van der Waals surface area contributed by atoms with Crippen LogP contribution in [0, 0.1) is 11.8 Å². The molecule has 144 valence electrons. The van der Waals surface area contributed by atoms with E-state index < -0.39 is 19.3 Å². The van der Waals surface area contributed by atoms with E-state index in [4.69, 9.17) is 9.47 Å². The topological polar surface area (TPSA) is 89.9 Å². The van der Waals surface area contributed by atoms with Gasteiger partial charge in [0.2, 0.25) is 7.37 Å². The minimum absolute atomic E-state index is 0.0396. The molecule has 0 rings (SSSR count). The van der Waals surface area contributed by atoms with Crippen molar-refractivity contribution in [2.75, 3.05) is 25.5 Å². The predicted octanol–water partition coefficient (Wildman–Crippen LogP) is 3.55. The minimum atomic E-state index is -3.29. The number of hydrogen-bond donors (Lipinski definition) is 1. The third kappa shape index (κ3) is 11.7. The SMILES string of the molecule is C=C(C)C(=O)OCCC(C)CP(=O)(O)CC(C)CCOC(=O)C(=C)C. The lowest BCUT2D eigenvalue weighted by Crippen LogP contribution is -2.15. The predicted molar refractivity (Wildman–Crippen MR) is 98.7 cm³/mol. The zero-order valence-corrected chi connectivity index (χ0v) is 16.6. The number of hydrogen-bond acceptors (Lipinski definition) is 5.